The number of nitrogens with zero attached hydrogens (tertiary/aromatic N) is 2. The minimum Gasteiger partial charge on any atom is -0.492 e. The molecule has 176 valence electrons. The van der Waals surface area contributed by atoms with Crippen LogP contribution in [0.1, 0.15) is 115 Å². The van der Waals surface area contributed by atoms with E-state index in [1.54, 1.807) is 11.5 Å². The van der Waals surface area contributed by atoms with Crippen LogP contribution in [-0.4, -0.2) is 28.3 Å². The summed E-state index contributed by atoms with van der Waals surface area (Å²) in [5.74, 6) is -0.219. The predicted octanol–water partition coefficient (Wildman–Crippen LogP) is 5.38. The van der Waals surface area contributed by atoms with Gasteiger partial charge in [0.25, 0.3) is 5.56 Å². The molecule has 0 unspecified atom stereocenters. The van der Waals surface area contributed by atoms with Crippen LogP contribution in [0.15, 0.2) is 9.69 Å². The van der Waals surface area contributed by atoms with Crippen LogP contribution in [0.5, 0.6) is 5.88 Å². The SMILES string of the molecule is Cc1nc(O)c(S(=O)(=O)C2CCCCCCCC2)c(=O)n1C1(C)CCCCCCCC1. The van der Waals surface area contributed by atoms with Gasteiger partial charge in [-0.2, -0.15) is 4.98 Å². The van der Waals surface area contributed by atoms with Crippen LogP contribution in [0.2, 0.25) is 0 Å². The third kappa shape index (κ3) is 5.52. The smallest absolute Gasteiger partial charge is 0.276 e. The maximum absolute atomic E-state index is 13.7. The van der Waals surface area contributed by atoms with Crippen molar-refractivity contribution in [3.8, 4) is 5.88 Å². The topological polar surface area (TPSA) is 89.3 Å². The highest BCUT2D eigenvalue weighted by Crippen LogP contribution is 2.34. The fourth-order valence-corrected chi connectivity index (χ4v) is 7.54. The lowest BCUT2D eigenvalue weighted by Crippen LogP contribution is -2.43. The Bertz CT molecular complexity index is 887. The number of aryl methyl sites for hydroxylation is 1. The van der Waals surface area contributed by atoms with Gasteiger partial charge in [-0.05, 0) is 39.5 Å². The van der Waals surface area contributed by atoms with Crippen LogP contribution in [0.4, 0.5) is 0 Å². The van der Waals surface area contributed by atoms with E-state index in [9.17, 15) is 18.3 Å². The molecule has 2 aliphatic carbocycles. The van der Waals surface area contributed by atoms with Gasteiger partial charge in [0.15, 0.2) is 14.7 Å². The highest BCUT2D eigenvalue weighted by molar-refractivity contribution is 7.92. The first kappa shape index (κ1) is 24.3. The summed E-state index contributed by atoms with van der Waals surface area (Å²) in [5.41, 5.74) is -1.05. The Kier molecular flexibility index (Phi) is 8.22. The minimum absolute atomic E-state index is 0.401. The summed E-state index contributed by atoms with van der Waals surface area (Å²) in [6.07, 6.45) is 15.4. The molecule has 1 heterocycles. The van der Waals surface area contributed by atoms with Crippen LogP contribution in [0, 0.1) is 6.92 Å². The molecular formula is C24H40N2O4S. The van der Waals surface area contributed by atoms with Crippen LogP contribution in [-0.2, 0) is 15.4 Å². The molecule has 0 bridgehead atoms. The highest BCUT2D eigenvalue weighted by Gasteiger charge is 2.37. The largest absolute Gasteiger partial charge is 0.492 e. The number of aromatic hydroxyl groups is 1. The number of rotatable bonds is 3. The molecule has 3 rings (SSSR count). The third-order valence-electron chi connectivity index (χ3n) is 7.44. The lowest BCUT2D eigenvalue weighted by Gasteiger charge is -2.34. The van der Waals surface area contributed by atoms with Gasteiger partial charge in [-0.25, -0.2) is 8.42 Å². The average molecular weight is 453 g/mol. The lowest BCUT2D eigenvalue weighted by molar-refractivity contribution is 0.237. The van der Waals surface area contributed by atoms with Gasteiger partial charge in [-0.15, -0.1) is 0 Å². The maximum atomic E-state index is 13.7. The molecule has 6 nitrogen and oxygen atoms in total. The standard InChI is InChI=1S/C24H40N2O4S/c1-19-25-22(27)21(31(29,30)20-15-11-7-3-4-8-12-16-20)23(28)26(19)24(2)17-13-9-5-6-10-14-18-24/h20,27H,3-18H2,1-2H3. The monoisotopic (exact) mass is 452 g/mol. The van der Waals surface area contributed by atoms with E-state index in [0.717, 1.165) is 77.0 Å². The fraction of sp³-hybridized carbons (Fsp3) is 0.833. The van der Waals surface area contributed by atoms with Gasteiger partial charge in [0.1, 0.15) is 5.82 Å². The van der Waals surface area contributed by atoms with Crippen molar-refractivity contribution < 1.29 is 13.5 Å². The van der Waals surface area contributed by atoms with E-state index >= 15 is 0 Å². The first-order chi connectivity index (χ1) is 14.8. The second-order valence-electron chi connectivity index (χ2n) is 9.94. The zero-order valence-electron chi connectivity index (χ0n) is 19.4. The van der Waals surface area contributed by atoms with E-state index in [2.05, 4.69) is 11.9 Å². The molecule has 2 saturated carbocycles. The molecule has 1 aromatic rings. The molecule has 0 aromatic carbocycles. The zero-order valence-corrected chi connectivity index (χ0v) is 20.2. The van der Waals surface area contributed by atoms with Crippen LogP contribution >= 0.6 is 0 Å². The molecule has 2 aliphatic rings. The zero-order chi connectivity index (χ0) is 22.5. The molecule has 1 N–H and O–H groups in total. The average Bonchev–Trinajstić information content (AvgIpc) is 2.89. The van der Waals surface area contributed by atoms with E-state index in [4.69, 9.17) is 0 Å². The molecule has 7 heteroatoms. The van der Waals surface area contributed by atoms with E-state index in [1.807, 2.05) is 0 Å². The van der Waals surface area contributed by atoms with Gasteiger partial charge in [0.05, 0.1) is 5.25 Å². The molecule has 31 heavy (non-hydrogen) atoms. The Morgan fingerprint density at radius 2 is 1.32 bits per heavy atom. The van der Waals surface area contributed by atoms with Crippen molar-refractivity contribution in [3.05, 3.63) is 16.2 Å². The van der Waals surface area contributed by atoms with Crippen molar-refractivity contribution in [1.29, 1.82) is 0 Å². The summed E-state index contributed by atoms with van der Waals surface area (Å²) in [6, 6.07) is 0. The Balaban J connectivity index is 2.05. The Hall–Kier alpha value is -1.37. The quantitative estimate of drug-likeness (QED) is 0.665. The summed E-state index contributed by atoms with van der Waals surface area (Å²) in [7, 11) is -3.95. The summed E-state index contributed by atoms with van der Waals surface area (Å²) in [4.78, 5) is 17.4. The molecule has 0 aliphatic heterocycles. The van der Waals surface area contributed by atoms with Crippen molar-refractivity contribution in [2.75, 3.05) is 0 Å². The highest BCUT2D eigenvalue weighted by atomic mass is 32.2. The van der Waals surface area contributed by atoms with E-state index < -0.39 is 37.0 Å². The molecule has 0 radical (unpaired) electrons. The van der Waals surface area contributed by atoms with Gasteiger partial charge in [0.2, 0.25) is 5.88 Å². The summed E-state index contributed by atoms with van der Waals surface area (Å²) in [6.45, 7) is 3.76. The first-order valence-corrected chi connectivity index (χ1v) is 13.9. The lowest BCUT2D eigenvalue weighted by atomic mass is 9.89. The van der Waals surface area contributed by atoms with Crippen molar-refractivity contribution in [2.24, 2.45) is 0 Å². The van der Waals surface area contributed by atoms with Crippen molar-refractivity contribution in [1.82, 2.24) is 9.55 Å². The number of hydrogen-bond acceptors (Lipinski definition) is 5. The first-order valence-electron chi connectivity index (χ1n) is 12.3. The molecule has 0 saturated heterocycles. The van der Waals surface area contributed by atoms with Gasteiger partial charge in [-0.3, -0.25) is 9.36 Å². The Labute approximate surface area is 187 Å². The maximum Gasteiger partial charge on any atom is 0.276 e. The Morgan fingerprint density at radius 1 is 0.871 bits per heavy atom. The second-order valence-corrected chi connectivity index (χ2v) is 12.1. The van der Waals surface area contributed by atoms with Crippen LogP contribution in [0.25, 0.3) is 0 Å². The van der Waals surface area contributed by atoms with Gasteiger partial charge >= 0.3 is 0 Å². The number of hydrogen-bond donors (Lipinski definition) is 1. The number of aromatic nitrogens is 2. The fourth-order valence-electron chi connectivity index (χ4n) is 5.62. The van der Waals surface area contributed by atoms with E-state index in [-0.39, 0.29) is 0 Å². The van der Waals surface area contributed by atoms with Crippen molar-refractivity contribution >= 4 is 9.84 Å². The normalized spacial score (nSPS) is 22.4. The summed E-state index contributed by atoms with van der Waals surface area (Å²) >= 11 is 0. The molecular weight excluding hydrogens is 412 g/mol. The number of sulfone groups is 1. The molecule has 0 amide bonds. The van der Waals surface area contributed by atoms with Crippen LogP contribution in [0.3, 0.4) is 0 Å². The second kappa shape index (κ2) is 10.5. The summed E-state index contributed by atoms with van der Waals surface area (Å²) in [5, 5.41) is 9.95. The van der Waals surface area contributed by atoms with Crippen LogP contribution < -0.4 is 5.56 Å². The van der Waals surface area contributed by atoms with Gasteiger partial charge in [0, 0.05) is 5.54 Å². The Morgan fingerprint density at radius 3 is 1.84 bits per heavy atom. The van der Waals surface area contributed by atoms with Gasteiger partial charge < -0.3 is 5.11 Å². The molecule has 1 aromatic heterocycles. The molecule has 0 spiro atoms. The summed E-state index contributed by atoms with van der Waals surface area (Å²) < 4.78 is 28.8. The van der Waals surface area contributed by atoms with Crippen molar-refractivity contribution in [2.45, 2.75) is 132 Å². The predicted molar refractivity (Wildman–Crippen MR) is 123 cm³/mol. The minimum atomic E-state index is -3.95. The van der Waals surface area contributed by atoms with E-state index in [0.29, 0.717) is 18.7 Å². The molecule has 0 atom stereocenters. The van der Waals surface area contributed by atoms with Crippen molar-refractivity contribution in [3.63, 3.8) is 0 Å². The van der Waals surface area contributed by atoms with Gasteiger partial charge in [-0.1, -0.05) is 77.0 Å². The molecule has 2 fully saturated rings. The third-order valence-corrected chi connectivity index (χ3v) is 9.71. The van der Waals surface area contributed by atoms with E-state index in [1.165, 1.54) is 12.8 Å².